The van der Waals surface area contributed by atoms with Crippen LogP contribution in [-0.4, -0.2) is 34.0 Å². The highest BCUT2D eigenvalue weighted by molar-refractivity contribution is 5.75. The normalized spacial score (nSPS) is 52.7. The zero-order valence-corrected chi connectivity index (χ0v) is 8.43. The Morgan fingerprint density at radius 1 is 1.57 bits per heavy atom. The monoisotopic (exact) mass is 200 g/mol. The van der Waals surface area contributed by atoms with E-state index >= 15 is 0 Å². The number of rotatable bonds is 0. The molecule has 4 nitrogen and oxygen atoms in total. The molecule has 0 radical (unpaired) electrons. The van der Waals surface area contributed by atoms with Gasteiger partial charge in [-0.05, 0) is 19.8 Å². The van der Waals surface area contributed by atoms with Gasteiger partial charge in [-0.25, -0.2) is 0 Å². The Bertz CT molecular complexity index is 261. The van der Waals surface area contributed by atoms with Crippen molar-refractivity contribution in [3.63, 3.8) is 0 Å². The summed E-state index contributed by atoms with van der Waals surface area (Å²) in [4.78, 5) is 11.3. The average molecular weight is 200 g/mol. The van der Waals surface area contributed by atoms with Gasteiger partial charge >= 0.3 is 5.97 Å². The second-order valence-corrected chi connectivity index (χ2v) is 4.69. The van der Waals surface area contributed by atoms with Crippen LogP contribution in [0.1, 0.15) is 26.7 Å². The first-order valence-corrected chi connectivity index (χ1v) is 5.04. The number of carbonyl (C=O) groups excluding carboxylic acids is 1. The molecule has 0 amide bonds. The lowest BCUT2D eigenvalue weighted by Gasteiger charge is -2.40. The first-order valence-electron chi connectivity index (χ1n) is 5.04. The molecule has 0 spiro atoms. The van der Waals surface area contributed by atoms with Crippen LogP contribution in [0.4, 0.5) is 0 Å². The number of aliphatic hydroxyl groups is 2. The zero-order valence-electron chi connectivity index (χ0n) is 8.43. The van der Waals surface area contributed by atoms with Crippen LogP contribution in [0, 0.1) is 11.8 Å². The number of ether oxygens (including phenoxy) is 1. The summed E-state index contributed by atoms with van der Waals surface area (Å²) in [5.41, 5.74) is -1.12. The van der Waals surface area contributed by atoms with E-state index in [4.69, 9.17) is 4.74 Å². The van der Waals surface area contributed by atoms with Crippen LogP contribution >= 0.6 is 0 Å². The molecule has 14 heavy (non-hydrogen) atoms. The number of esters is 1. The molecule has 0 bridgehead atoms. The van der Waals surface area contributed by atoms with E-state index in [9.17, 15) is 15.0 Å². The van der Waals surface area contributed by atoms with Gasteiger partial charge in [0.2, 0.25) is 0 Å². The minimum Gasteiger partial charge on any atom is -0.459 e. The maximum Gasteiger partial charge on any atom is 0.309 e. The van der Waals surface area contributed by atoms with Crippen molar-refractivity contribution in [3.8, 4) is 0 Å². The van der Waals surface area contributed by atoms with Crippen molar-refractivity contribution < 1.29 is 19.7 Å². The molecule has 0 aromatic rings. The fourth-order valence-electron chi connectivity index (χ4n) is 2.46. The third-order valence-corrected chi connectivity index (χ3v) is 3.62. The Balaban J connectivity index is 2.22. The third kappa shape index (κ3) is 1.25. The second kappa shape index (κ2) is 2.94. The molecule has 80 valence electrons. The van der Waals surface area contributed by atoms with Crippen LogP contribution < -0.4 is 0 Å². The molecule has 1 saturated heterocycles. The maximum atomic E-state index is 11.3. The van der Waals surface area contributed by atoms with E-state index in [0.29, 0.717) is 6.42 Å². The molecule has 1 aliphatic heterocycles. The summed E-state index contributed by atoms with van der Waals surface area (Å²) in [5.74, 6) is -0.333. The second-order valence-electron chi connectivity index (χ2n) is 4.69. The largest absolute Gasteiger partial charge is 0.459 e. The lowest BCUT2D eigenvalue weighted by Crippen LogP contribution is -2.53. The van der Waals surface area contributed by atoms with Crippen molar-refractivity contribution >= 4 is 5.97 Å². The zero-order chi connectivity index (χ0) is 10.5. The highest BCUT2D eigenvalue weighted by Crippen LogP contribution is 2.42. The van der Waals surface area contributed by atoms with Gasteiger partial charge in [0.05, 0.1) is 11.5 Å². The van der Waals surface area contributed by atoms with Crippen molar-refractivity contribution in [2.24, 2.45) is 11.8 Å². The topological polar surface area (TPSA) is 66.8 Å². The molecule has 0 aromatic heterocycles. The van der Waals surface area contributed by atoms with Gasteiger partial charge in [0.1, 0.15) is 12.2 Å². The number of aliphatic hydroxyl groups excluding tert-OH is 1. The van der Waals surface area contributed by atoms with Crippen molar-refractivity contribution in [2.75, 3.05) is 0 Å². The standard InChI is InChI=1S/C10H16O4/c1-5-6-3-4-10(2,13)8(11)7(6)14-9(5)12/h5-8,11,13H,3-4H2,1-2H3. The quantitative estimate of drug-likeness (QED) is 0.543. The summed E-state index contributed by atoms with van der Waals surface area (Å²) in [5, 5.41) is 19.6. The van der Waals surface area contributed by atoms with E-state index in [-0.39, 0.29) is 17.8 Å². The number of hydrogen-bond donors (Lipinski definition) is 2. The highest BCUT2D eigenvalue weighted by Gasteiger charge is 2.53. The van der Waals surface area contributed by atoms with E-state index < -0.39 is 17.8 Å². The Kier molecular flexibility index (Phi) is 2.08. The van der Waals surface area contributed by atoms with Gasteiger partial charge in [-0.1, -0.05) is 6.92 Å². The van der Waals surface area contributed by atoms with E-state index in [2.05, 4.69) is 0 Å². The summed E-state index contributed by atoms with van der Waals surface area (Å²) in [6.45, 7) is 3.41. The van der Waals surface area contributed by atoms with E-state index in [1.807, 2.05) is 6.92 Å². The lowest BCUT2D eigenvalue weighted by atomic mass is 9.73. The Labute approximate surface area is 82.9 Å². The molecule has 0 aromatic carbocycles. The molecule has 1 heterocycles. The molecule has 2 rings (SSSR count). The van der Waals surface area contributed by atoms with Gasteiger partial charge in [0.25, 0.3) is 0 Å². The third-order valence-electron chi connectivity index (χ3n) is 3.62. The van der Waals surface area contributed by atoms with Crippen molar-refractivity contribution in [1.82, 2.24) is 0 Å². The first-order chi connectivity index (χ1) is 6.43. The van der Waals surface area contributed by atoms with Crippen LogP contribution in [0.2, 0.25) is 0 Å². The number of carbonyl (C=O) groups is 1. The van der Waals surface area contributed by atoms with Crippen LogP contribution in [0.3, 0.4) is 0 Å². The summed E-state index contributed by atoms with van der Waals surface area (Å²) in [7, 11) is 0. The predicted molar refractivity (Wildman–Crippen MR) is 48.4 cm³/mol. The fraction of sp³-hybridized carbons (Fsp3) is 0.900. The first kappa shape index (κ1) is 9.93. The van der Waals surface area contributed by atoms with E-state index in [1.165, 1.54) is 0 Å². The van der Waals surface area contributed by atoms with Crippen LogP contribution in [0.15, 0.2) is 0 Å². The maximum absolute atomic E-state index is 11.3. The molecule has 2 fully saturated rings. The van der Waals surface area contributed by atoms with Gasteiger partial charge in [0.15, 0.2) is 0 Å². The van der Waals surface area contributed by atoms with Gasteiger partial charge < -0.3 is 14.9 Å². The minimum atomic E-state index is -1.12. The molecule has 2 aliphatic rings. The van der Waals surface area contributed by atoms with Gasteiger partial charge in [-0.3, -0.25) is 4.79 Å². The van der Waals surface area contributed by atoms with Crippen LogP contribution in [0.5, 0.6) is 0 Å². The van der Waals surface area contributed by atoms with Crippen molar-refractivity contribution in [1.29, 1.82) is 0 Å². The summed E-state index contributed by atoms with van der Waals surface area (Å²) in [6, 6.07) is 0. The van der Waals surface area contributed by atoms with Gasteiger partial charge in [-0.2, -0.15) is 0 Å². The van der Waals surface area contributed by atoms with Gasteiger partial charge in [0, 0.05) is 5.92 Å². The Morgan fingerprint density at radius 2 is 2.21 bits per heavy atom. The Hall–Kier alpha value is -0.610. The highest BCUT2D eigenvalue weighted by atomic mass is 16.6. The molecule has 5 atom stereocenters. The molecule has 1 saturated carbocycles. The van der Waals surface area contributed by atoms with Gasteiger partial charge in [-0.15, -0.1) is 0 Å². The summed E-state index contributed by atoms with van der Waals surface area (Å²) in [6.07, 6.45) is -0.200. The molecule has 4 heteroatoms. The van der Waals surface area contributed by atoms with Crippen molar-refractivity contribution in [2.45, 2.75) is 44.5 Å². The molecule has 1 aliphatic carbocycles. The Morgan fingerprint density at radius 3 is 2.86 bits per heavy atom. The lowest BCUT2D eigenvalue weighted by molar-refractivity contribution is -0.168. The van der Waals surface area contributed by atoms with E-state index in [0.717, 1.165) is 6.42 Å². The van der Waals surface area contributed by atoms with Crippen LogP contribution in [-0.2, 0) is 9.53 Å². The van der Waals surface area contributed by atoms with Crippen molar-refractivity contribution in [3.05, 3.63) is 0 Å². The fourth-order valence-corrected chi connectivity index (χ4v) is 2.46. The molecular weight excluding hydrogens is 184 g/mol. The molecular formula is C10H16O4. The summed E-state index contributed by atoms with van der Waals surface area (Å²) >= 11 is 0. The summed E-state index contributed by atoms with van der Waals surface area (Å²) < 4.78 is 5.08. The minimum absolute atomic E-state index is 0.0673. The molecule has 5 unspecified atom stereocenters. The van der Waals surface area contributed by atoms with E-state index in [1.54, 1.807) is 6.92 Å². The predicted octanol–water partition coefficient (Wildman–Crippen LogP) is 0.0698. The number of fused-ring (bicyclic) bond motifs is 1. The number of hydrogen-bond acceptors (Lipinski definition) is 4. The SMILES string of the molecule is CC1C(=O)OC2C1CCC(C)(O)C2O. The van der Waals surface area contributed by atoms with Crippen LogP contribution in [0.25, 0.3) is 0 Å². The smallest absolute Gasteiger partial charge is 0.309 e. The average Bonchev–Trinajstić information content (AvgIpc) is 2.38. The molecule has 2 N–H and O–H groups in total.